The topological polar surface area (TPSA) is 65.4 Å². The van der Waals surface area contributed by atoms with Crippen molar-refractivity contribution in [3.63, 3.8) is 0 Å². The van der Waals surface area contributed by atoms with Crippen LogP contribution >= 0.6 is 0 Å². The van der Waals surface area contributed by atoms with Crippen molar-refractivity contribution >= 4 is 24.0 Å². The molecule has 0 saturated carbocycles. The lowest BCUT2D eigenvalue weighted by molar-refractivity contribution is 0.460. The normalized spacial score (nSPS) is 13.4. The third kappa shape index (κ3) is 4.48. The Hall–Kier alpha value is -2.50. The van der Waals surface area contributed by atoms with Gasteiger partial charge in [0.2, 0.25) is 0 Å². The van der Waals surface area contributed by atoms with E-state index >= 15 is 0 Å². The fourth-order valence-corrected chi connectivity index (χ4v) is 2.11. The molecule has 0 radical (unpaired) electrons. The molecule has 0 atom stereocenters. The predicted molar refractivity (Wildman–Crippen MR) is 93.6 cm³/mol. The van der Waals surface area contributed by atoms with E-state index in [2.05, 4.69) is 32.0 Å². The first kappa shape index (κ1) is 16.9. The molecule has 2 aromatic heterocycles. The Labute approximate surface area is 135 Å². The van der Waals surface area contributed by atoms with E-state index in [1.165, 1.54) is 6.21 Å². The highest BCUT2D eigenvalue weighted by molar-refractivity contribution is 5.81. The Morgan fingerprint density at radius 3 is 2.87 bits per heavy atom. The number of aromatic amines is 1. The fourth-order valence-electron chi connectivity index (χ4n) is 2.11. The van der Waals surface area contributed by atoms with Crippen molar-refractivity contribution in [1.82, 2.24) is 15.3 Å². The number of halogens is 1. The lowest BCUT2D eigenvalue weighted by Gasteiger charge is -2.21. The van der Waals surface area contributed by atoms with E-state index in [-0.39, 0.29) is 11.4 Å². The summed E-state index contributed by atoms with van der Waals surface area (Å²) in [5.41, 5.74) is 2.54. The van der Waals surface area contributed by atoms with Crippen molar-refractivity contribution in [3.05, 3.63) is 41.2 Å². The molecule has 0 aliphatic heterocycles. The number of H-pyrrole nitrogens is 1. The largest absolute Gasteiger partial charge is 0.363 e. The standard InChI is InChI=1S/C17H22FN5/c1-11-6-13-12(9-22-15(13)21-7-11)8-20-10-14(18)16(19-5)23-17(2,3)4/h6-7,9-10,23H,5,8H2,1-4H3,(H,21,22)/b16-14-,20-10-. The summed E-state index contributed by atoms with van der Waals surface area (Å²) in [6.07, 6.45) is 4.81. The van der Waals surface area contributed by atoms with E-state index < -0.39 is 5.83 Å². The average Bonchev–Trinajstić information content (AvgIpc) is 2.86. The lowest BCUT2D eigenvalue weighted by atomic mass is 10.1. The summed E-state index contributed by atoms with van der Waals surface area (Å²) in [6, 6.07) is 2.04. The number of fused-ring (bicyclic) bond motifs is 1. The fraction of sp³-hybridized carbons (Fsp3) is 0.353. The quantitative estimate of drug-likeness (QED) is 0.827. The first-order chi connectivity index (χ1) is 10.8. The molecule has 0 bridgehead atoms. The zero-order chi connectivity index (χ0) is 17.0. The zero-order valence-corrected chi connectivity index (χ0v) is 13.9. The number of aliphatic imine (C=N–C) groups is 2. The molecular formula is C17H22FN5. The van der Waals surface area contributed by atoms with Gasteiger partial charge in [-0.25, -0.2) is 14.4 Å². The van der Waals surface area contributed by atoms with Crippen molar-refractivity contribution in [2.75, 3.05) is 0 Å². The van der Waals surface area contributed by atoms with Crippen LogP contribution in [-0.2, 0) is 6.54 Å². The molecule has 0 unspecified atom stereocenters. The molecule has 2 rings (SSSR count). The number of hydrogen-bond donors (Lipinski definition) is 2. The summed E-state index contributed by atoms with van der Waals surface area (Å²) >= 11 is 0. The maximum atomic E-state index is 14.1. The molecule has 0 saturated heterocycles. The molecular weight excluding hydrogens is 293 g/mol. The Bertz CT molecular complexity index is 765. The molecule has 5 nitrogen and oxygen atoms in total. The Kier molecular flexibility index (Phi) is 4.93. The van der Waals surface area contributed by atoms with Gasteiger partial charge in [-0.05, 0) is 46.0 Å². The van der Waals surface area contributed by atoms with Crippen LogP contribution in [0.15, 0.2) is 40.1 Å². The summed E-state index contributed by atoms with van der Waals surface area (Å²) in [7, 11) is 0. The van der Waals surface area contributed by atoms with Crippen LogP contribution in [-0.4, -0.2) is 28.4 Å². The van der Waals surface area contributed by atoms with Crippen molar-refractivity contribution in [2.24, 2.45) is 9.98 Å². The molecule has 2 aromatic rings. The van der Waals surface area contributed by atoms with Crippen LogP contribution in [0, 0.1) is 6.92 Å². The monoisotopic (exact) mass is 315 g/mol. The molecule has 6 heteroatoms. The Morgan fingerprint density at radius 1 is 1.48 bits per heavy atom. The van der Waals surface area contributed by atoms with E-state index in [4.69, 9.17) is 0 Å². The van der Waals surface area contributed by atoms with E-state index in [9.17, 15) is 4.39 Å². The molecule has 0 aromatic carbocycles. The molecule has 0 aliphatic rings. The van der Waals surface area contributed by atoms with Gasteiger partial charge in [0, 0.05) is 28.9 Å². The Morgan fingerprint density at radius 2 is 2.22 bits per heavy atom. The minimum absolute atomic E-state index is 0.0951. The van der Waals surface area contributed by atoms with Crippen LogP contribution in [0.3, 0.4) is 0 Å². The molecule has 2 N–H and O–H groups in total. The van der Waals surface area contributed by atoms with Crippen LogP contribution in [0.25, 0.3) is 11.0 Å². The van der Waals surface area contributed by atoms with E-state index in [0.717, 1.165) is 22.2 Å². The van der Waals surface area contributed by atoms with Crippen molar-refractivity contribution < 1.29 is 4.39 Å². The first-order valence-corrected chi connectivity index (χ1v) is 7.37. The summed E-state index contributed by atoms with van der Waals surface area (Å²) in [6.45, 7) is 11.5. The number of pyridine rings is 1. The molecule has 0 aliphatic carbocycles. The second-order valence-electron chi connectivity index (χ2n) is 6.42. The summed E-state index contributed by atoms with van der Waals surface area (Å²) < 4.78 is 14.1. The maximum absolute atomic E-state index is 14.1. The number of aromatic nitrogens is 2. The highest BCUT2D eigenvalue weighted by Gasteiger charge is 2.13. The van der Waals surface area contributed by atoms with Crippen molar-refractivity contribution in [2.45, 2.75) is 39.8 Å². The van der Waals surface area contributed by atoms with Gasteiger partial charge in [-0.3, -0.25) is 4.99 Å². The average molecular weight is 315 g/mol. The van der Waals surface area contributed by atoms with Gasteiger partial charge in [-0.15, -0.1) is 0 Å². The van der Waals surface area contributed by atoms with Crippen LogP contribution in [0.4, 0.5) is 4.39 Å². The summed E-state index contributed by atoms with van der Waals surface area (Å²) in [4.78, 5) is 15.2. The number of nitrogens with zero attached hydrogens (tertiary/aromatic N) is 3. The molecule has 0 fully saturated rings. The maximum Gasteiger partial charge on any atom is 0.183 e. The highest BCUT2D eigenvalue weighted by Crippen LogP contribution is 2.18. The SMILES string of the molecule is C=N/C(NC(C)(C)C)=C(F)\C=N/Cc1c[nH]c2ncc(C)cc12. The molecule has 0 spiro atoms. The first-order valence-electron chi connectivity index (χ1n) is 7.37. The van der Waals surface area contributed by atoms with Crippen LogP contribution < -0.4 is 5.32 Å². The predicted octanol–water partition coefficient (Wildman–Crippen LogP) is 3.67. The van der Waals surface area contributed by atoms with Gasteiger partial charge in [-0.1, -0.05) is 0 Å². The molecule has 0 amide bonds. The van der Waals surface area contributed by atoms with Gasteiger partial charge in [0.1, 0.15) is 5.65 Å². The van der Waals surface area contributed by atoms with E-state index in [1.54, 1.807) is 6.20 Å². The lowest BCUT2D eigenvalue weighted by Crippen LogP contribution is -2.35. The van der Waals surface area contributed by atoms with E-state index in [0.29, 0.717) is 6.54 Å². The van der Waals surface area contributed by atoms with Crippen LogP contribution in [0.2, 0.25) is 0 Å². The number of aryl methyl sites for hydroxylation is 1. The van der Waals surface area contributed by atoms with Crippen LogP contribution in [0.5, 0.6) is 0 Å². The molecule has 2 heterocycles. The summed E-state index contributed by atoms with van der Waals surface area (Å²) in [5.74, 6) is -0.443. The van der Waals surface area contributed by atoms with Crippen LogP contribution in [0.1, 0.15) is 31.9 Å². The van der Waals surface area contributed by atoms with E-state index in [1.807, 2.05) is 40.0 Å². The minimum Gasteiger partial charge on any atom is -0.363 e. The number of allylic oxidation sites excluding steroid dienone is 1. The van der Waals surface area contributed by atoms with Gasteiger partial charge in [0.05, 0.1) is 12.8 Å². The van der Waals surface area contributed by atoms with Crippen molar-refractivity contribution in [1.29, 1.82) is 0 Å². The van der Waals surface area contributed by atoms with Gasteiger partial charge >= 0.3 is 0 Å². The van der Waals surface area contributed by atoms with Crippen molar-refractivity contribution in [3.8, 4) is 0 Å². The molecule has 122 valence electrons. The van der Waals surface area contributed by atoms with Gasteiger partial charge in [0.15, 0.2) is 11.6 Å². The summed E-state index contributed by atoms with van der Waals surface area (Å²) in [5, 5.41) is 3.96. The molecule has 23 heavy (non-hydrogen) atoms. The second-order valence-corrected chi connectivity index (χ2v) is 6.42. The second kappa shape index (κ2) is 6.73. The number of hydrogen-bond acceptors (Lipinski definition) is 4. The number of rotatable bonds is 5. The van der Waals surface area contributed by atoms with Gasteiger partial charge < -0.3 is 10.3 Å². The number of nitrogens with one attached hydrogen (secondary N) is 2. The third-order valence-corrected chi connectivity index (χ3v) is 3.10. The minimum atomic E-state index is -0.538. The zero-order valence-electron chi connectivity index (χ0n) is 13.9. The highest BCUT2D eigenvalue weighted by atomic mass is 19.1. The smallest absolute Gasteiger partial charge is 0.183 e. The van der Waals surface area contributed by atoms with Gasteiger partial charge in [-0.2, -0.15) is 0 Å². The van der Waals surface area contributed by atoms with Gasteiger partial charge in [0.25, 0.3) is 0 Å². The Balaban J connectivity index is 2.16. The third-order valence-electron chi connectivity index (χ3n) is 3.10.